The molecular formula is C23H32N6O4S. The molecule has 1 aliphatic rings. The SMILES string of the molecule is Cn1cnc2c1c(=O)n(CCCN1CCN(CCCS(=O)(=O)c3ccccc3)CC1)c(=O)n2C. The molecule has 1 aromatic carbocycles. The lowest BCUT2D eigenvalue weighted by atomic mass is 10.2. The quantitative estimate of drug-likeness (QED) is 0.427. The lowest BCUT2D eigenvalue weighted by molar-refractivity contribution is 0.130. The second-order valence-electron chi connectivity index (χ2n) is 8.85. The van der Waals surface area contributed by atoms with Crippen molar-refractivity contribution < 1.29 is 8.42 Å². The number of piperazine rings is 1. The van der Waals surface area contributed by atoms with E-state index in [4.69, 9.17) is 0 Å². The van der Waals surface area contributed by atoms with Gasteiger partial charge in [-0.2, -0.15) is 0 Å². The zero-order valence-electron chi connectivity index (χ0n) is 19.8. The first-order chi connectivity index (χ1) is 16.3. The van der Waals surface area contributed by atoms with Crippen LogP contribution in [0.5, 0.6) is 0 Å². The predicted molar refractivity (Wildman–Crippen MR) is 131 cm³/mol. The van der Waals surface area contributed by atoms with Crippen molar-refractivity contribution in [2.75, 3.05) is 45.0 Å². The van der Waals surface area contributed by atoms with Crippen LogP contribution < -0.4 is 11.2 Å². The van der Waals surface area contributed by atoms with Crippen LogP contribution in [0.1, 0.15) is 12.8 Å². The third-order valence-corrected chi connectivity index (χ3v) is 8.33. The number of aromatic nitrogens is 4. The Morgan fingerprint density at radius 1 is 0.882 bits per heavy atom. The number of hydrogen-bond acceptors (Lipinski definition) is 7. The molecule has 0 spiro atoms. The van der Waals surface area contributed by atoms with Gasteiger partial charge in [0.15, 0.2) is 21.0 Å². The smallest absolute Gasteiger partial charge is 0.328 e. The molecule has 0 atom stereocenters. The normalized spacial score (nSPS) is 15.8. The number of hydrogen-bond donors (Lipinski definition) is 0. The van der Waals surface area contributed by atoms with Crippen LogP contribution in [0.4, 0.5) is 0 Å². The van der Waals surface area contributed by atoms with Crippen LogP contribution in [-0.2, 0) is 30.5 Å². The van der Waals surface area contributed by atoms with Gasteiger partial charge in [-0.05, 0) is 38.1 Å². The van der Waals surface area contributed by atoms with E-state index < -0.39 is 9.84 Å². The molecule has 11 heteroatoms. The molecule has 3 aromatic rings. The van der Waals surface area contributed by atoms with E-state index in [1.54, 1.807) is 49.3 Å². The monoisotopic (exact) mass is 488 g/mol. The molecule has 10 nitrogen and oxygen atoms in total. The van der Waals surface area contributed by atoms with Crippen molar-refractivity contribution in [1.29, 1.82) is 0 Å². The molecule has 0 bridgehead atoms. The van der Waals surface area contributed by atoms with Gasteiger partial charge in [0.25, 0.3) is 5.56 Å². The van der Waals surface area contributed by atoms with E-state index in [0.717, 1.165) is 39.3 Å². The number of sulfone groups is 1. The Kier molecular flexibility index (Phi) is 7.34. The largest absolute Gasteiger partial charge is 0.332 e. The van der Waals surface area contributed by atoms with Gasteiger partial charge >= 0.3 is 5.69 Å². The molecular weight excluding hydrogens is 456 g/mol. The minimum absolute atomic E-state index is 0.155. The summed E-state index contributed by atoms with van der Waals surface area (Å²) in [7, 11) is 0.158. The standard InChI is InChI=1S/C23H32N6O4S/c1-25-18-24-21-20(25)22(30)29(23(31)26(21)2)12-6-10-27-13-15-28(16-14-27)11-7-17-34(32,33)19-8-4-3-5-9-19/h3-5,8-9,18H,6-7,10-17H2,1-2H3. The van der Waals surface area contributed by atoms with Gasteiger partial charge in [0.2, 0.25) is 0 Å². The second-order valence-corrected chi connectivity index (χ2v) is 11.0. The maximum Gasteiger partial charge on any atom is 0.332 e. The number of nitrogens with zero attached hydrogens (tertiary/aromatic N) is 6. The van der Waals surface area contributed by atoms with Crippen molar-refractivity contribution in [1.82, 2.24) is 28.5 Å². The molecule has 0 amide bonds. The minimum atomic E-state index is -3.23. The van der Waals surface area contributed by atoms with Gasteiger partial charge in [-0.25, -0.2) is 18.2 Å². The summed E-state index contributed by atoms with van der Waals surface area (Å²) in [5, 5.41) is 0. The highest BCUT2D eigenvalue weighted by Crippen LogP contribution is 2.12. The number of fused-ring (bicyclic) bond motifs is 1. The van der Waals surface area contributed by atoms with Gasteiger partial charge in [0.1, 0.15) is 0 Å². The molecule has 2 aromatic heterocycles. The van der Waals surface area contributed by atoms with Crippen molar-refractivity contribution in [2.24, 2.45) is 14.1 Å². The molecule has 4 rings (SSSR count). The van der Waals surface area contributed by atoms with Gasteiger partial charge in [-0.3, -0.25) is 13.9 Å². The molecule has 1 aliphatic heterocycles. The van der Waals surface area contributed by atoms with Gasteiger partial charge in [-0.15, -0.1) is 0 Å². The third kappa shape index (κ3) is 5.16. The maximum absolute atomic E-state index is 12.8. The summed E-state index contributed by atoms with van der Waals surface area (Å²) in [4.78, 5) is 34.6. The molecule has 0 saturated carbocycles. The van der Waals surface area contributed by atoms with Crippen LogP contribution in [0, 0.1) is 0 Å². The Bertz CT molecular complexity index is 1350. The van der Waals surface area contributed by atoms with E-state index in [9.17, 15) is 18.0 Å². The van der Waals surface area contributed by atoms with Crippen LogP contribution >= 0.6 is 0 Å². The highest BCUT2D eigenvalue weighted by Gasteiger charge is 2.19. The maximum atomic E-state index is 12.8. The van der Waals surface area contributed by atoms with E-state index >= 15 is 0 Å². The molecule has 0 unspecified atom stereocenters. The summed E-state index contributed by atoms with van der Waals surface area (Å²) in [6.45, 7) is 5.47. The van der Waals surface area contributed by atoms with Crippen LogP contribution in [0.15, 0.2) is 51.1 Å². The first kappa shape index (κ1) is 24.4. The summed E-state index contributed by atoms with van der Waals surface area (Å²) in [6.07, 6.45) is 2.86. The predicted octanol–water partition coefficient (Wildman–Crippen LogP) is 0.305. The summed E-state index contributed by atoms with van der Waals surface area (Å²) >= 11 is 0. The van der Waals surface area contributed by atoms with Gasteiger partial charge in [0.05, 0.1) is 17.0 Å². The highest BCUT2D eigenvalue weighted by atomic mass is 32.2. The van der Waals surface area contributed by atoms with Crippen molar-refractivity contribution in [3.63, 3.8) is 0 Å². The van der Waals surface area contributed by atoms with Crippen LogP contribution in [0.25, 0.3) is 11.2 Å². The van der Waals surface area contributed by atoms with Crippen LogP contribution in [0.2, 0.25) is 0 Å². The van der Waals surface area contributed by atoms with Crippen LogP contribution in [0.3, 0.4) is 0 Å². The summed E-state index contributed by atoms with van der Waals surface area (Å²) in [5.41, 5.74) is 0.200. The van der Waals surface area contributed by atoms with E-state index in [1.165, 1.54) is 9.13 Å². The van der Waals surface area contributed by atoms with E-state index in [-0.39, 0.29) is 17.0 Å². The van der Waals surface area contributed by atoms with Crippen molar-refractivity contribution in [3.8, 4) is 0 Å². The van der Waals surface area contributed by atoms with Crippen molar-refractivity contribution in [2.45, 2.75) is 24.3 Å². The van der Waals surface area contributed by atoms with Crippen molar-refractivity contribution in [3.05, 3.63) is 57.5 Å². The first-order valence-corrected chi connectivity index (χ1v) is 13.3. The second kappa shape index (κ2) is 10.2. The summed E-state index contributed by atoms with van der Waals surface area (Å²) in [5.74, 6) is 0.155. The van der Waals surface area contributed by atoms with Crippen molar-refractivity contribution >= 4 is 21.0 Å². The number of benzene rings is 1. The molecule has 34 heavy (non-hydrogen) atoms. The average molecular weight is 489 g/mol. The Balaban J connectivity index is 1.23. The molecule has 3 heterocycles. The minimum Gasteiger partial charge on any atom is -0.328 e. The van der Waals surface area contributed by atoms with Gasteiger partial charge in [0, 0.05) is 46.8 Å². The lowest BCUT2D eigenvalue weighted by Gasteiger charge is -2.34. The van der Waals surface area contributed by atoms with E-state index in [1.807, 2.05) is 6.07 Å². The molecule has 184 valence electrons. The van der Waals surface area contributed by atoms with E-state index in [0.29, 0.717) is 35.4 Å². The summed E-state index contributed by atoms with van der Waals surface area (Å²) in [6, 6.07) is 8.60. The Morgan fingerprint density at radius 3 is 2.15 bits per heavy atom. The molecule has 0 radical (unpaired) electrons. The average Bonchev–Trinajstić information content (AvgIpc) is 3.23. The Labute approximate surface area is 199 Å². The summed E-state index contributed by atoms with van der Waals surface area (Å²) < 4.78 is 29.2. The number of rotatable bonds is 9. The fourth-order valence-electron chi connectivity index (χ4n) is 4.51. The van der Waals surface area contributed by atoms with E-state index in [2.05, 4.69) is 14.8 Å². The molecule has 0 aliphatic carbocycles. The zero-order valence-corrected chi connectivity index (χ0v) is 20.6. The fourth-order valence-corrected chi connectivity index (χ4v) is 5.82. The Hall–Kier alpha value is -2.76. The fraction of sp³-hybridized carbons (Fsp3) is 0.522. The number of imidazole rings is 1. The Morgan fingerprint density at radius 2 is 1.50 bits per heavy atom. The zero-order chi connectivity index (χ0) is 24.3. The lowest BCUT2D eigenvalue weighted by Crippen LogP contribution is -2.47. The molecule has 1 fully saturated rings. The number of aryl methyl sites for hydroxylation is 2. The van der Waals surface area contributed by atoms with Gasteiger partial charge < -0.3 is 14.4 Å². The van der Waals surface area contributed by atoms with Gasteiger partial charge in [-0.1, -0.05) is 18.2 Å². The third-order valence-electron chi connectivity index (χ3n) is 6.51. The first-order valence-electron chi connectivity index (χ1n) is 11.6. The van der Waals surface area contributed by atoms with Crippen LogP contribution in [-0.4, -0.2) is 81.9 Å². The highest BCUT2D eigenvalue weighted by molar-refractivity contribution is 7.91. The molecule has 1 saturated heterocycles. The molecule has 0 N–H and O–H groups in total. The topological polar surface area (TPSA) is 102 Å².